The maximum absolute atomic E-state index is 12.5. The Labute approximate surface area is 174 Å². The molecule has 0 radical (unpaired) electrons. The second-order valence-corrected chi connectivity index (χ2v) is 7.50. The molecular weight excluding hydrogens is 384 g/mol. The summed E-state index contributed by atoms with van der Waals surface area (Å²) < 4.78 is 10.8. The highest BCUT2D eigenvalue weighted by Crippen LogP contribution is 2.36. The van der Waals surface area contributed by atoms with Crippen LogP contribution in [0.4, 0.5) is 0 Å². The molecule has 3 rings (SSSR count). The summed E-state index contributed by atoms with van der Waals surface area (Å²) in [7, 11) is 1.48. The molecule has 0 fully saturated rings. The van der Waals surface area contributed by atoms with E-state index < -0.39 is 0 Å². The maximum Gasteiger partial charge on any atom is 0.321 e. The second kappa shape index (κ2) is 9.94. The quantitative estimate of drug-likeness (QED) is 0.288. The molecule has 5 heteroatoms. The first kappa shape index (κ1) is 20.7. The van der Waals surface area contributed by atoms with E-state index in [4.69, 9.17) is 9.47 Å². The van der Waals surface area contributed by atoms with Crippen LogP contribution in [0.5, 0.6) is 11.5 Å². The van der Waals surface area contributed by atoms with Crippen LogP contribution in [0, 0.1) is 0 Å². The number of ether oxygens (including phenoxy) is 2. The first-order valence-electron chi connectivity index (χ1n) is 9.19. The fourth-order valence-corrected chi connectivity index (χ4v) is 3.98. The minimum Gasteiger partial charge on any atom is -0.493 e. The first-order chi connectivity index (χ1) is 14.1. The van der Waals surface area contributed by atoms with Crippen LogP contribution in [-0.2, 0) is 4.79 Å². The molecule has 0 heterocycles. The third-order valence-electron chi connectivity index (χ3n) is 4.37. The topological polar surface area (TPSA) is 52.6 Å². The fraction of sp³-hybridized carbons (Fsp3) is 0.167. The maximum atomic E-state index is 12.5. The van der Waals surface area contributed by atoms with Gasteiger partial charge in [0.2, 0.25) is 0 Å². The van der Waals surface area contributed by atoms with E-state index in [9.17, 15) is 9.59 Å². The van der Waals surface area contributed by atoms with Crippen LogP contribution in [0.1, 0.15) is 33.7 Å². The van der Waals surface area contributed by atoms with Crippen molar-refractivity contribution in [3.8, 4) is 11.5 Å². The van der Waals surface area contributed by atoms with Gasteiger partial charge in [0, 0.05) is 5.56 Å². The summed E-state index contributed by atoms with van der Waals surface area (Å²) in [5.41, 5.74) is 2.75. The van der Waals surface area contributed by atoms with Crippen LogP contribution in [0.25, 0.3) is 0 Å². The lowest BCUT2D eigenvalue weighted by Gasteiger charge is -2.17. The number of carbonyl (C=O) groups is 2. The Bertz CT molecular complexity index is 931. The van der Waals surface area contributed by atoms with E-state index in [-0.39, 0.29) is 22.8 Å². The lowest BCUT2D eigenvalue weighted by Crippen LogP contribution is -2.13. The molecular formula is C24H22O4S. The van der Waals surface area contributed by atoms with E-state index in [2.05, 4.69) is 24.3 Å². The van der Waals surface area contributed by atoms with Crippen molar-refractivity contribution in [3.63, 3.8) is 0 Å². The van der Waals surface area contributed by atoms with Gasteiger partial charge in [-0.2, -0.15) is 0 Å². The molecule has 29 heavy (non-hydrogen) atoms. The molecule has 0 aliphatic heterocycles. The first-order valence-corrected chi connectivity index (χ1v) is 10.2. The molecule has 3 aromatic carbocycles. The Hall–Kier alpha value is -3.05. The van der Waals surface area contributed by atoms with Gasteiger partial charge in [-0.15, -0.1) is 11.8 Å². The molecule has 0 aliphatic rings. The summed E-state index contributed by atoms with van der Waals surface area (Å²) in [4.78, 5) is 24.0. The predicted octanol–water partition coefficient (Wildman–Crippen LogP) is 5.33. The van der Waals surface area contributed by atoms with E-state index in [1.165, 1.54) is 25.8 Å². The minimum atomic E-state index is -0.374. The second-order valence-electron chi connectivity index (χ2n) is 6.41. The number of hydrogen-bond donors (Lipinski definition) is 0. The highest BCUT2D eigenvalue weighted by atomic mass is 32.2. The number of methoxy groups -OCH3 is 1. The zero-order valence-corrected chi connectivity index (χ0v) is 17.1. The molecule has 3 aromatic rings. The number of hydrogen-bond acceptors (Lipinski definition) is 5. The van der Waals surface area contributed by atoms with Gasteiger partial charge >= 0.3 is 5.97 Å². The molecule has 0 bridgehead atoms. The molecule has 0 amide bonds. The molecule has 0 aliphatic carbocycles. The van der Waals surface area contributed by atoms with Crippen molar-refractivity contribution in [2.24, 2.45) is 0 Å². The third-order valence-corrected chi connectivity index (χ3v) is 5.65. The van der Waals surface area contributed by atoms with Gasteiger partial charge in [-0.3, -0.25) is 9.59 Å². The van der Waals surface area contributed by atoms with Crippen molar-refractivity contribution in [2.75, 3.05) is 12.9 Å². The Morgan fingerprint density at radius 2 is 1.45 bits per heavy atom. The fourth-order valence-electron chi connectivity index (χ4n) is 2.91. The summed E-state index contributed by atoms with van der Waals surface area (Å²) in [6, 6.07) is 24.9. The van der Waals surface area contributed by atoms with Crippen LogP contribution in [0.15, 0.2) is 78.9 Å². The molecule has 4 nitrogen and oxygen atoms in total. The van der Waals surface area contributed by atoms with Crippen molar-refractivity contribution < 1.29 is 19.1 Å². The van der Waals surface area contributed by atoms with Crippen molar-refractivity contribution in [2.45, 2.75) is 12.2 Å². The Morgan fingerprint density at radius 1 is 0.862 bits per heavy atom. The van der Waals surface area contributed by atoms with Crippen LogP contribution in [0.3, 0.4) is 0 Å². The van der Waals surface area contributed by atoms with Crippen LogP contribution in [0.2, 0.25) is 0 Å². The number of Topliss-reactive ketones (excluding diaryl/α,β-unsaturated/α-hetero) is 1. The molecule has 0 N–H and O–H groups in total. The largest absolute Gasteiger partial charge is 0.493 e. The summed E-state index contributed by atoms with van der Waals surface area (Å²) in [5, 5.41) is 0.0203. The Kier molecular flexibility index (Phi) is 7.09. The summed E-state index contributed by atoms with van der Waals surface area (Å²) >= 11 is 1.51. The summed E-state index contributed by atoms with van der Waals surface area (Å²) in [5.74, 6) is 0.385. The van der Waals surface area contributed by atoms with Crippen molar-refractivity contribution in [1.82, 2.24) is 0 Å². The lowest BCUT2D eigenvalue weighted by molar-refractivity contribution is -0.131. The summed E-state index contributed by atoms with van der Waals surface area (Å²) in [6.45, 7) is 1.48. The van der Waals surface area contributed by atoms with Crippen LogP contribution >= 0.6 is 11.8 Å². The van der Waals surface area contributed by atoms with Crippen LogP contribution in [-0.4, -0.2) is 24.6 Å². The van der Waals surface area contributed by atoms with Gasteiger partial charge < -0.3 is 9.47 Å². The van der Waals surface area contributed by atoms with E-state index >= 15 is 0 Å². The predicted molar refractivity (Wildman–Crippen MR) is 116 cm³/mol. The highest BCUT2D eigenvalue weighted by Gasteiger charge is 2.18. The Morgan fingerprint density at radius 3 is 1.97 bits per heavy atom. The molecule has 0 saturated carbocycles. The minimum absolute atomic E-state index is 0.0203. The molecule has 148 valence electrons. The number of ketones is 1. The molecule has 0 unspecified atom stereocenters. The van der Waals surface area contributed by atoms with E-state index in [1.807, 2.05) is 36.4 Å². The number of rotatable bonds is 8. The normalized spacial score (nSPS) is 10.6. The number of esters is 1. The van der Waals surface area contributed by atoms with Gasteiger partial charge in [-0.25, -0.2) is 0 Å². The average Bonchev–Trinajstić information content (AvgIpc) is 2.75. The molecule has 0 saturated heterocycles. The molecule has 0 spiro atoms. The molecule has 0 aromatic heterocycles. The zero-order valence-electron chi connectivity index (χ0n) is 16.3. The van der Waals surface area contributed by atoms with Gasteiger partial charge in [0.1, 0.15) is 0 Å². The lowest BCUT2D eigenvalue weighted by atomic mass is 10.0. The smallest absolute Gasteiger partial charge is 0.321 e. The number of carbonyl (C=O) groups excluding carboxylic acids is 2. The zero-order chi connectivity index (χ0) is 20.6. The van der Waals surface area contributed by atoms with Gasteiger partial charge in [-0.05, 0) is 36.2 Å². The van der Waals surface area contributed by atoms with E-state index in [0.717, 1.165) is 11.1 Å². The summed E-state index contributed by atoms with van der Waals surface area (Å²) in [6.07, 6.45) is 0. The van der Waals surface area contributed by atoms with Crippen molar-refractivity contribution in [1.29, 1.82) is 0 Å². The standard InChI is InChI=1S/C24H22O4S/c1-17(25)20-13-14-21(22(15-20)27-2)28-23(26)16-29-24(18-9-5-3-6-10-18)19-11-7-4-8-12-19/h3-15,24H,16H2,1-2H3. The van der Waals surface area contributed by atoms with Gasteiger partial charge in [0.05, 0.1) is 18.1 Å². The Balaban J connectivity index is 1.72. The SMILES string of the molecule is COc1cc(C(C)=O)ccc1OC(=O)CSC(c1ccccc1)c1ccccc1. The van der Waals surface area contributed by atoms with Gasteiger partial charge in [-0.1, -0.05) is 60.7 Å². The van der Waals surface area contributed by atoms with Gasteiger partial charge in [0.25, 0.3) is 0 Å². The van der Waals surface area contributed by atoms with Gasteiger partial charge in [0.15, 0.2) is 17.3 Å². The molecule has 0 atom stereocenters. The van der Waals surface area contributed by atoms with E-state index in [1.54, 1.807) is 18.2 Å². The van der Waals surface area contributed by atoms with Crippen LogP contribution < -0.4 is 9.47 Å². The van der Waals surface area contributed by atoms with E-state index in [0.29, 0.717) is 17.1 Å². The third kappa shape index (κ3) is 5.48. The highest BCUT2D eigenvalue weighted by molar-refractivity contribution is 8.00. The monoisotopic (exact) mass is 406 g/mol. The number of benzene rings is 3. The van der Waals surface area contributed by atoms with Crippen molar-refractivity contribution >= 4 is 23.5 Å². The van der Waals surface area contributed by atoms with Crippen molar-refractivity contribution in [3.05, 3.63) is 95.6 Å². The average molecular weight is 407 g/mol. The number of thioether (sulfide) groups is 1.